The maximum absolute atomic E-state index is 12.9. The summed E-state index contributed by atoms with van der Waals surface area (Å²) in [5.74, 6) is 0.399. The number of aryl methyl sites for hydroxylation is 3. The van der Waals surface area contributed by atoms with E-state index in [0.717, 1.165) is 52.3 Å². The summed E-state index contributed by atoms with van der Waals surface area (Å²) < 4.78 is 5.93. The summed E-state index contributed by atoms with van der Waals surface area (Å²) in [5.41, 5.74) is 8.33. The normalized spacial score (nSPS) is 14.2. The number of nitrogens with one attached hydrogen (secondary N) is 2. The van der Waals surface area contributed by atoms with Gasteiger partial charge in [-0.05, 0) is 69.0 Å². The van der Waals surface area contributed by atoms with Crippen LogP contribution in [0.5, 0.6) is 0 Å². The van der Waals surface area contributed by atoms with Crippen LogP contribution in [0.3, 0.4) is 0 Å². The number of carbonyl (C=O) groups excluding carboxylic acids is 2. The van der Waals surface area contributed by atoms with Crippen molar-refractivity contribution in [1.82, 2.24) is 10.4 Å². The van der Waals surface area contributed by atoms with Gasteiger partial charge < -0.3 is 9.73 Å². The number of anilines is 1. The molecule has 0 bridgehead atoms. The van der Waals surface area contributed by atoms with Crippen LogP contribution in [0.15, 0.2) is 52.2 Å². The van der Waals surface area contributed by atoms with Gasteiger partial charge in [-0.1, -0.05) is 6.07 Å². The highest BCUT2D eigenvalue weighted by molar-refractivity contribution is 6.09. The van der Waals surface area contributed by atoms with Crippen LogP contribution >= 0.6 is 0 Å². The fourth-order valence-corrected chi connectivity index (χ4v) is 3.69. The zero-order chi connectivity index (χ0) is 22.0. The molecule has 1 aromatic carbocycles. The van der Waals surface area contributed by atoms with E-state index in [-0.39, 0.29) is 17.6 Å². The number of hydrazone groups is 1. The molecular weight excluding hydrogens is 392 g/mol. The Morgan fingerprint density at radius 1 is 1.00 bits per heavy atom. The van der Waals surface area contributed by atoms with Crippen molar-refractivity contribution in [3.8, 4) is 0 Å². The average molecular weight is 416 g/mol. The number of furan rings is 1. The Morgan fingerprint density at radius 2 is 1.77 bits per heavy atom. The van der Waals surface area contributed by atoms with E-state index in [2.05, 4.69) is 20.8 Å². The molecule has 3 aromatic rings. The molecule has 31 heavy (non-hydrogen) atoms. The molecule has 0 atom stereocenters. The predicted molar refractivity (Wildman–Crippen MR) is 118 cm³/mol. The molecule has 0 spiro atoms. The minimum atomic E-state index is -0.309. The van der Waals surface area contributed by atoms with Gasteiger partial charge in [0.1, 0.15) is 5.76 Å². The SMILES string of the molecule is Cc1ccc(NC(=O)c2oc3c(c2C)/C(=N/NC(=O)c2ccncc2)CCC3)cc1C. The minimum Gasteiger partial charge on any atom is -0.455 e. The highest BCUT2D eigenvalue weighted by Crippen LogP contribution is 2.30. The molecule has 7 heteroatoms. The molecule has 7 nitrogen and oxygen atoms in total. The highest BCUT2D eigenvalue weighted by Gasteiger charge is 2.28. The molecule has 1 aliphatic carbocycles. The Hall–Kier alpha value is -3.74. The molecule has 158 valence electrons. The first kappa shape index (κ1) is 20.5. The van der Waals surface area contributed by atoms with Crippen LogP contribution in [0.4, 0.5) is 5.69 Å². The third-order valence-corrected chi connectivity index (χ3v) is 5.53. The molecule has 1 aliphatic rings. The monoisotopic (exact) mass is 416 g/mol. The van der Waals surface area contributed by atoms with Crippen molar-refractivity contribution < 1.29 is 14.0 Å². The molecule has 0 saturated heterocycles. The van der Waals surface area contributed by atoms with E-state index in [1.807, 2.05) is 39.0 Å². The van der Waals surface area contributed by atoms with Gasteiger partial charge >= 0.3 is 0 Å². The average Bonchev–Trinajstić information content (AvgIpc) is 3.12. The van der Waals surface area contributed by atoms with E-state index in [1.165, 1.54) is 0 Å². The van der Waals surface area contributed by atoms with E-state index in [9.17, 15) is 9.59 Å². The number of fused-ring (bicyclic) bond motifs is 1. The van der Waals surface area contributed by atoms with Crippen LogP contribution in [0.1, 0.15) is 61.8 Å². The lowest BCUT2D eigenvalue weighted by Gasteiger charge is -2.13. The van der Waals surface area contributed by atoms with Gasteiger partial charge in [-0.25, -0.2) is 5.43 Å². The number of carbonyl (C=O) groups is 2. The van der Waals surface area contributed by atoms with E-state index in [0.29, 0.717) is 12.0 Å². The van der Waals surface area contributed by atoms with Crippen molar-refractivity contribution in [3.05, 3.63) is 82.1 Å². The maximum Gasteiger partial charge on any atom is 0.291 e. The van der Waals surface area contributed by atoms with Crippen LogP contribution in [-0.2, 0) is 6.42 Å². The predicted octanol–water partition coefficient (Wildman–Crippen LogP) is 4.32. The summed E-state index contributed by atoms with van der Waals surface area (Å²) in [7, 11) is 0. The Morgan fingerprint density at radius 3 is 2.52 bits per heavy atom. The topological polar surface area (TPSA) is 96.6 Å². The lowest BCUT2D eigenvalue weighted by atomic mass is 9.93. The largest absolute Gasteiger partial charge is 0.455 e. The molecule has 2 heterocycles. The Kier molecular flexibility index (Phi) is 5.66. The van der Waals surface area contributed by atoms with Crippen molar-refractivity contribution in [1.29, 1.82) is 0 Å². The van der Waals surface area contributed by atoms with Crippen molar-refractivity contribution in [2.75, 3.05) is 5.32 Å². The van der Waals surface area contributed by atoms with Crippen molar-refractivity contribution in [3.63, 3.8) is 0 Å². The first-order chi connectivity index (χ1) is 14.9. The molecule has 2 amide bonds. The van der Waals surface area contributed by atoms with E-state index in [1.54, 1.807) is 24.5 Å². The third-order valence-electron chi connectivity index (χ3n) is 5.53. The Labute approximate surface area is 180 Å². The summed E-state index contributed by atoms with van der Waals surface area (Å²) in [6, 6.07) is 9.04. The highest BCUT2D eigenvalue weighted by atomic mass is 16.4. The fraction of sp³-hybridized carbons (Fsp3) is 0.250. The van der Waals surface area contributed by atoms with Crippen molar-refractivity contribution in [2.24, 2.45) is 5.10 Å². The zero-order valence-electron chi connectivity index (χ0n) is 17.8. The van der Waals surface area contributed by atoms with Gasteiger partial charge in [-0.15, -0.1) is 0 Å². The zero-order valence-corrected chi connectivity index (χ0v) is 17.8. The lowest BCUT2D eigenvalue weighted by Crippen LogP contribution is -2.22. The van der Waals surface area contributed by atoms with Gasteiger partial charge in [0.15, 0.2) is 5.76 Å². The van der Waals surface area contributed by atoms with Crippen LogP contribution in [0.2, 0.25) is 0 Å². The van der Waals surface area contributed by atoms with Crippen molar-refractivity contribution in [2.45, 2.75) is 40.0 Å². The van der Waals surface area contributed by atoms with Crippen molar-refractivity contribution >= 4 is 23.2 Å². The molecule has 0 radical (unpaired) electrons. The summed E-state index contributed by atoms with van der Waals surface area (Å²) in [6.07, 6.45) is 5.37. The molecule has 0 unspecified atom stereocenters. The number of amides is 2. The van der Waals surface area contributed by atoms with E-state index in [4.69, 9.17) is 4.42 Å². The molecule has 0 saturated carbocycles. The quantitative estimate of drug-likeness (QED) is 0.619. The molecule has 0 aliphatic heterocycles. The second-order valence-corrected chi connectivity index (χ2v) is 7.70. The van der Waals surface area contributed by atoms with Gasteiger partial charge in [-0.3, -0.25) is 14.6 Å². The Bertz CT molecular complexity index is 1180. The molecule has 4 rings (SSSR count). The number of rotatable bonds is 4. The van der Waals surface area contributed by atoms with Gasteiger partial charge in [0.05, 0.1) is 5.71 Å². The number of nitrogens with zero attached hydrogens (tertiary/aromatic N) is 2. The standard InChI is InChI=1S/C24H24N4O3/c1-14-7-8-18(13-15(14)2)26-24(30)22-16(3)21-19(5-4-6-20(21)31-22)27-28-23(29)17-9-11-25-12-10-17/h7-13H,4-6H2,1-3H3,(H,26,30)(H,28,29)/b27-19+. The molecule has 2 aromatic heterocycles. The van der Waals surface area contributed by atoms with Gasteiger partial charge in [0.2, 0.25) is 0 Å². The number of aromatic nitrogens is 1. The van der Waals surface area contributed by atoms with Crippen LogP contribution in [0, 0.1) is 20.8 Å². The Balaban J connectivity index is 1.57. The number of pyridine rings is 1. The molecule has 2 N–H and O–H groups in total. The van der Waals surface area contributed by atoms with Gasteiger partial charge in [-0.2, -0.15) is 5.10 Å². The van der Waals surface area contributed by atoms with E-state index >= 15 is 0 Å². The fourth-order valence-electron chi connectivity index (χ4n) is 3.69. The van der Waals surface area contributed by atoms with Crippen LogP contribution in [0.25, 0.3) is 0 Å². The molecule has 0 fully saturated rings. The maximum atomic E-state index is 12.9. The van der Waals surface area contributed by atoms with Crippen LogP contribution in [-0.4, -0.2) is 22.5 Å². The smallest absolute Gasteiger partial charge is 0.291 e. The first-order valence-corrected chi connectivity index (χ1v) is 10.2. The second kappa shape index (κ2) is 8.55. The third kappa shape index (κ3) is 4.26. The summed E-state index contributed by atoms with van der Waals surface area (Å²) in [6.45, 7) is 5.88. The lowest BCUT2D eigenvalue weighted by molar-refractivity contribution is 0.0953. The minimum absolute atomic E-state index is 0.276. The number of hydrogen-bond acceptors (Lipinski definition) is 5. The first-order valence-electron chi connectivity index (χ1n) is 10.2. The van der Waals surface area contributed by atoms with E-state index < -0.39 is 0 Å². The molecular formula is C24H24N4O3. The van der Waals surface area contributed by atoms with Crippen LogP contribution < -0.4 is 10.7 Å². The summed E-state index contributed by atoms with van der Waals surface area (Å²) >= 11 is 0. The summed E-state index contributed by atoms with van der Waals surface area (Å²) in [5, 5.41) is 7.26. The second-order valence-electron chi connectivity index (χ2n) is 7.70. The number of hydrogen-bond donors (Lipinski definition) is 2. The summed E-state index contributed by atoms with van der Waals surface area (Å²) in [4.78, 5) is 29.1. The van der Waals surface area contributed by atoms with Gasteiger partial charge in [0, 0.05) is 41.2 Å². The number of benzene rings is 1. The van der Waals surface area contributed by atoms with Gasteiger partial charge in [0.25, 0.3) is 11.8 Å².